The fourth-order valence-electron chi connectivity index (χ4n) is 3.31. The van der Waals surface area contributed by atoms with E-state index >= 15 is 0 Å². The predicted molar refractivity (Wildman–Crippen MR) is 86.3 cm³/mol. The van der Waals surface area contributed by atoms with E-state index in [2.05, 4.69) is 9.88 Å². The topological polar surface area (TPSA) is 49.5 Å². The zero-order valence-corrected chi connectivity index (χ0v) is 13.2. The van der Waals surface area contributed by atoms with Gasteiger partial charge < -0.3 is 9.52 Å². The summed E-state index contributed by atoms with van der Waals surface area (Å²) in [7, 11) is 0. The van der Waals surface area contributed by atoms with Crippen LogP contribution in [0.3, 0.4) is 0 Å². The lowest BCUT2D eigenvalue weighted by atomic mass is 9.94. The van der Waals surface area contributed by atoms with Gasteiger partial charge in [0.1, 0.15) is 12.1 Å². The van der Waals surface area contributed by atoms with Crippen molar-refractivity contribution < 1.29 is 13.9 Å². The molecule has 0 aliphatic heterocycles. The van der Waals surface area contributed by atoms with E-state index in [-0.39, 0.29) is 12.4 Å². The van der Waals surface area contributed by atoms with Crippen molar-refractivity contribution in [2.45, 2.75) is 44.7 Å². The summed E-state index contributed by atoms with van der Waals surface area (Å²) < 4.78 is 18.8. The average Bonchev–Trinajstić information content (AvgIpc) is 3.04. The zero-order chi connectivity index (χ0) is 16.1. The second-order valence-electron chi connectivity index (χ2n) is 6.14. The average molecular weight is 318 g/mol. The van der Waals surface area contributed by atoms with Gasteiger partial charge in [0.2, 0.25) is 5.89 Å². The van der Waals surface area contributed by atoms with Gasteiger partial charge >= 0.3 is 0 Å². The maximum absolute atomic E-state index is 13.3. The number of halogens is 1. The molecular formula is C18H23FN2O2. The van der Waals surface area contributed by atoms with Crippen LogP contribution in [0.15, 0.2) is 34.9 Å². The first-order valence-electron chi connectivity index (χ1n) is 8.31. The molecule has 0 unspecified atom stereocenters. The summed E-state index contributed by atoms with van der Waals surface area (Å²) in [6.45, 7) is 1.45. The largest absolute Gasteiger partial charge is 0.444 e. The van der Waals surface area contributed by atoms with E-state index < -0.39 is 0 Å². The Bertz CT molecular complexity index is 623. The number of hydrogen-bond donors (Lipinski definition) is 1. The van der Waals surface area contributed by atoms with Crippen LogP contribution in [0.25, 0.3) is 11.5 Å². The van der Waals surface area contributed by atoms with Gasteiger partial charge in [0, 0.05) is 24.7 Å². The first-order valence-corrected chi connectivity index (χ1v) is 8.31. The van der Waals surface area contributed by atoms with Crippen LogP contribution in [0.5, 0.6) is 0 Å². The van der Waals surface area contributed by atoms with Crippen LogP contribution in [0.4, 0.5) is 4.39 Å². The second kappa shape index (κ2) is 7.70. The molecule has 0 amide bonds. The van der Waals surface area contributed by atoms with Crippen molar-refractivity contribution in [1.82, 2.24) is 9.88 Å². The summed E-state index contributed by atoms with van der Waals surface area (Å²) in [5.74, 6) is 0.137. The molecule has 1 N–H and O–H groups in total. The highest BCUT2D eigenvalue weighted by Gasteiger charge is 2.22. The van der Waals surface area contributed by atoms with Crippen LogP contribution in [0.1, 0.15) is 37.8 Å². The third-order valence-electron chi connectivity index (χ3n) is 4.47. The Morgan fingerprint density at radius 3 is 2.83 bits per heavy atom. The minimum Gasteiger partial charge on any atom is -0.444 e. The molecule has 5 heteroatoms. The molecule has 0 spiro atoms. The first-order chi connectivity index (χ1) is 11.3. The van der Waals surface area contributed by atoms with E-state index in [0.29, 0.717) is 30.6 Å². The normalized spacial score (nSPS) is 16.1. The lowest BCUT2D eigenvalue weighted by Crippen LogP contribution is -2.38. The summed E-state index contributed by atoms with van der Waals surface area (Å²) in [5, 5.41) is 9.33. The number of aromatic nitrogens is 1. The third-order valence-corrected chi connectivity index (χ3v) is 4.47. The molecule has 1 aromatic carbocycles. The molecule has 0 bridgehead atoms. The predicted octanol–water partition coefficient (Wildman–Crippen LogP) is 3.61. The fraction of sp³-hybridized carbons (Fsp3) is 0.500. The van der Waals surface area contributed by atoms with Gasteiger partial charge in [-0.25, -0.2) is 9.37 Å². The van der Waals surface area contributed by atoms with E-state index in [1.54, 1.807) is 18.4 Å². The van der Waals surface area contributed by atoms with Crippen molar-refractivity contribution in [3.63, 3.8) is 0 Å². The number of oxazole rings is 1. The van der Waals surface area contributed by atoms with Crippen molar-refractivity contribution in [3.05, 3.63) is 42.0 Å². The quantitative estimate of drug-likeness (QED) is 0.884. The van der Waals surface area contributed by atoms with Crippen molar-refractivity contribution in [2.24, 2.45) is 0 Å². The van der Waals surface area contributed by atoms with Gasteiger partial charge in [-0.15, -0.1) is 0 Å². The third kappa shape index (κ3) is 4.18. The molecule has 0 saturated heterocycles. The summed E-state index contributed by atoms with van der Waals surface area (Å²) in [5.41, 5.74) is 1.46. The molecular weight excluding hydrogens is 295 g/mol. The molecule has 1 saturated carbocycles. The minimum absolute atomic E-state index is 0.144. The van der Waals surface area contributed by atoms with E-state index in [1.165, 1.54) is 44.2 Å². The fourth-order valence-corrected chi connectivity index (χ4v) is 3.31. The summed E-state index contributed by atoms with van der Waals surface area (Å²) >= 11 is 0. The van der Waals surface area contributed by atoms with Crippen LogP contribution in [-0.4, -0.2) is 34.2 Å². The molecule has 124 valence electrons. The molecule has 23 heavy (non-hydrogen) atoms. The first kappa shape index (κ1) is 16.1. The van der Waals surface area contributed by atoms with Gasteiger partial charge in [0.25, 0.3) is 0 Å². The second-order valence-corrected chi connectivity index (χ2v) is 6.14. The standard InChI is InChI=1S/C18H23FN2O2/c19-15-6-4-5-14(11-15)18-20-16(13-23-18)12-21(9-10-22)17-7-2-1-3-8-17/h4-6,11,13,17,22H,1-3,7-10,12H2. The minimum atomic E-state index is -0.300. The van der Waals surface area contributed by atoms with Gasteiger partial charge in [-0.2, -0.15) is 0 Å². The van der Waals surface area contributed by atoms with Crippen LogP contribution in [0.2, 0.25) is 0 Å². The highest BCUT2D eigenvalue weighted by Crippen LogP contribution is 2.25. The lowest BCUT2D eigenvalue weighted by molar-refractivity contribution is 0.116. The van der Waals surface area contributed by atoms with Gasteiger partial charge in [-0.05, 0) is 31.0 Å². The molecule has 1 heterocycles. The Morgan fingerprint density at radius 2 is 2.09 bits per heavy atom. The van der Waals surface area contributed by atoms with Crippen molar-refractivity contribution in [1.29, 1.82) is 0 Å². The summed E-state index contributed by atoms with van der Waals surface area (Å²) in [4.78, 5) is 6.77. The molecule has 1 fully saturated rings. The van der Waals surface area contributed by atoms with Gasteiger partial charge in [0.15, 0.2) is 0 Å². The number of hydrogen-bond acceptors (Lipinski definition) is 4. The smallest absolute Gasteiger partial charge is 0.226 e. The summed E-state index contributed by atoms with van der Waals surface area (Å²) in [6.07, 6.45) is 7.79. The zero-order valence-electron chi connectivity index (χ0n) is 13.2. The number of aliphatic hydroxyl groups is 1. The molecule has 3 rings (SSSR count). The Kier molecular flexibility index (Phi) is 5.41. The summed E-state index contributed by atoms with van der Waals surface area (Å²) in [6, 6.07) is 6.76. The molecule has 0 radical (unpaired) electrons. The van der Waals surface area contributed by atoms with Crippen molar-refractivity contribution >= 4 is 0 Å². The highest BCUT2D eigenvalue weighted by atomic mass is 19.1. The van der Waals surface area contributed by atoms with Crippen molar-refractivity contribution in [2.75, 3.05) is 13.2 Å². The Balaban J connectivity index is 1.71. The van der Waals surface area contributed by atoms with Gasteiger partial charge in [-0.1, -0.05) is 25.3 Å². The maximum Gasteiger partial charge on any atom is 0.226 e. The number of benzene rings is 1. The van der Waals surface area contributed by atoms with Gasteiger partial charge in [-0.3, -0.25) is 4.90 Å². The SMILES string of the molecule is OCCN(Cc1coc(-c2cccc(F)c2)n1)C1CCCCC1. The molecule has 0 atom stereocenters. The van der Waals surface area contributed by atoms with E-state index in [4.69, 9.17) is 4.42 Å². The van der Waals surface area contributed by atoms with Crippen LogP contribution in [-0.2, 0) is 6.54 Å². The number of aliphatic hydroxyl groups excluding tert-OH is 1. The Morgan fingerprint density at radius 1 is 1.26 bits per heavy atom. The molecule has 4 nitrogen and oxygen atoms in total. The van der Waals surface area contributed by atoms with E-state index in [0.717, 1.165) is 5.69 Å². The van der Waals surface area contributed by atoms with Crippen LogP contribution >= 0.6 is 0 Å². The van der Waals surface area contributed by atoms with Crippen molar-refractivity contribution in [3.8, 4) is 11.5 Å². The molecule has 1 aromatic heterocycles. The highest BCUT2D eigenvalue weighted by molar-refractivity contribution is 5.52. The van der Waals surface area contributed by atoms with Crippen LogP contribution in [0, 0.1) is 5.82 Å². The van der Waals surface area contributed by atoms with Gasteiger partial charge in [0.05, 0.1) is 12.3 Å². The van der Waals surface area contributed by atoms with Crippen LogP contribution < -0.4 is 0 Å². The maximum atomic E-state index is 13.3. The molecule has 1 aliphatic rings. The number of nitrogens with zero attached hydrogens (tertiary/aromatic N) is 2. The molecule has 1 aliphatic carbocycles. The monoisotopic (exact) mass is 318 g/mol. The lowest BCUT2D eigenvalue weighted by Gasteiger charge is -2.33. The Labute approximate surface area is 136 Å². The number of rotatable bonds is 6. The Hall–Kier alpha value is -1.72. The molecule has 2 aromatic rings. The van der Waals surface area contributed by atoms with E-state index in [1.807, 2.05) is 0 Å². The van der Waals surface area contributed by atoms with E-state index in [9.17, 15) is 9.50 Å².